The molecule has 2 aliphatic heterocycles. The fraction of sp³-hybridized carbons (Fsp3) is 0.417. The highest BCUT2D eigenvalue weighted by atomic mass is 16.2. The Hall–Kier alpha value is -2.82. The van der Waals surface area contributed by atoms with E-state index in [-0.39, 0.29) is 17.9 Å². The zero-order valence-electron chi connectivity index (χ0n) is 16.8. The van der Waals surface area contributed by atoms with Crippen LogP contribution in [0.25, 0.3) is 0 Å². The van der Waals surface area contributed by atoms with Crippen molar-refractivity contribution < 1.29 is 9.59 Å². The van der Waals surface area contributed by atoms with Crippen LogP contribution >= 0.6 is 0 Å². The van der Waals surface area contributed by atoms with E-state index in [2.05, 4.69) is 22.3 Å². The van der Waals surface area contributed by atoms with Gasteiger partial charge >= 0.3 is 0 Å². The van der Waals surface area contributed by atoms with Crippen molar-refractivity contribution in [3.05, 3.63) is 65.7 Å². The van der Waals surface area contributed by atoms with Gasteiger partial charge in [0.15, 0.2) is 0 Å². The minimum Gasteiger partial charge on any atom is -0.372 e. The van der Waals surface area contributed by atoms with Crippen LogP contribution in [0.5, 0.6) is 0 Å². The summed E-state index contributed by atoms with van der Waals surface area (Å²) in [4.78, 5) is 29.5. The molecule has 2 heterocycles. The number of likely N-dealkylation sites (tertiary alicyclic amines) is 1. The summed E-state index contributed by atoms with van der Waals surface area (Å²) in [6.07, 6.45) is 5.38. The van der Waals surface area contributed by atoms with E-state index in [1.54, 1.807) is 0 Å². The lowest BCUT2D eigenvalue weighted by Gasteiger charge is -2.32. The predicted octanol–water partition coefficient (Wildman–Crippen LogP) is 3.71. The Morgan fingerprint density at radius 3 is 2.07 bits per heavy atom. The molecular formula is C24H29N3O2. The number of anilines is 1. The largest absolute Gasteiger partial charge is 0.372 e. The number of benzene rings is 2. The van der Waals surface area contributed by atoms with Crippen LogP contribution in [0.4, 0.5) is 5.69 Å². The standard InChI is InChI=1S/C24H29N3O2/c28-23(19-9-11-22(12-10-19)26-15-5-2-6-16-26)25-21-13-17-27(18-14-21)24(29)20-7-3-1-4-8-20/h1,3-4,7-12,21H,2,5-6,13-18H2,(H,25,28). The smallest absolute Gasteiger partial charge is 0.253 e. The van der Waals surface area contributed by atoms with Crippen LogP contribution in [0.15, 0.2) is 54.6 Å². The van der Waals surface area contributed by atoms with Crippen LogP contribution in [-0.2, 0) is 0 Å². The van der Waals surface area contributed by atoms with Gasteiger partial charge in [-0.05, 0) is 68.5 Å². The normalized spacial score (nSPS) is 17.8. The van der Waals surface area contributed by atoms with Crippen LogP contribution in [0, 0.1) is 0 Å². The Labute approximate surface area is 172 Å². The minimum absolute atomic E-state index is 0.0250. The molecule has 1 N–H and O–H groups in total. The van der Waals surface area contributed by atoms with Gasteiger partial charge in [0.1, 0.15) is 0 Å². The van der Waals surface area contributed by atoms with Gasteiger partial charge in [-0.2, -0.15) is 0 Å². The van der Waals surface area contributed by atoms with E-state index in [9.17, 15) is 9.59 Å². The maximum absolute atomic E-state index is 12.6. The van der Waals surface area contributed by atoms with Gasteiger partial charge in [0.25, 0.3) is 11.8 Å². The Morgan fingerprint density at radius 1 is 0.759 bits per heavy atom. The van der Waals surface area contributed by atoms with E-state index in [1.807, 2.05) is 47.4 Å². The van der Waals surface area contributed by atoms with Crippen molar-refractivity contribution in [1.29, 1.82) is 0 Å². The maximum Gasteiger partial charge on any atom is 0.253 e. The van der Waals surface area contributed by atoms with Crippen LogP contribution in [0.3, 0.4) is 0 Å². The van der Waals surface area contributed by atoms with Crippen molar-refractivity contribution in [3.63, 3.8) is 0 Å². The molecular weight excluding hydrogens is 362 g/mol. The van der Waals surface area contributed by atoms with Gasteiger partial charge in [-0.1, -0.05) is 18.2 Å². The fourth-order valence-corrected chi connectivity index (χ4v) is 4.23. The highest BCUT2D eigenvalue weighted by Crippen LogP contribution is 2.21. The first kappa shape index (κ1) is 19.5. The van der Waals surface area contributed by atoms with Gasteiger partial charge in [-0.3, -0.25) is 9.59 Å². The van der Waals surface area contributed by atoms with E-state index in [4.69, 9.17) is 0 Å². The molecule has 0 atom stereocenters. The quantitative estimate of drug-likeness (QED) is 0.864. The van der Waals surface area contributed by atoms with Crippen LogP contribution in [0.1, 0.15) is 52.8 Å². The molecule has 0 spiro atoms. The Morgan fingerprint density at radius 2 is 1.41 bits per heavy atom. The van der Waals surface area contributed by atoms with E-state index >= 15 is 0 Å². The number of hydrogen-bond donors (Lipinski definition) is 1. The molecule has 5 heteroatoms. The second kappa shape index (κ2) is 9.12. The van der Waals surface area contributed by atoms with Crippen molar-refractivity contribution in [1.82, 2.24) is 10.2 Å². The van der Waals surface area contributed by atoms with Crippen LogP contribution < -0.4 is 10.2 Å². The lowest BCUT2D eigenvalue weighted by atomic mass is 10.0. The molecule has 0 saturated carbocycles. The van der Waals surface area contributed by atoms with Crippen molar-refractivity contribution in [3.8, 4) is 0 Å². The first-order chi connectivity index (χ1) is 14.2. The van der Waals surface area contributed by atoms with E-state index in [0.29, 0.717) is 18.7 Å². The summed E-state index contributed by atoms with van der Waals surface area (Å²) >= 11 is 0. The molecule has 0 radical (unpaired) electrons. The zero-order valence-corrected chi connectivity index (χ0v) is 16.8. The molecule has 0 aromatic heterocycles. The third-order valence-corrected chi connectivity index (χ3v) is 5.99. The highest BCUT2D eigenvalue weighted by molar-refractivity contribution is 5.95. The van der Waals surface area contributed by atoms with Gasteiger partial charge in [-0.15, -0.1) is 0 Å². The second-order valence-electron chi connectivity index (χ2n) is 8.00. The maximum atomic E-state index is 12.6. The van der Waals surface area contributed by atoms with Gasteiger partial charge in [0, 0.05) is 49.0 Å². The number of piperidine rings is 2. The fourth-order valence-electron chi connectivity index (χ4n) is 4.23. The van der Waals surface area contributed by atoms with E-state index in [1.165, 1.54) is 24.9 Å². The summed E-state index contributed by atoms with van der Waals surface area (Å²) in [5.41, 5.74) is 2.63. The number of rotatable bonds is 4. The summed E-state index contributed by atoms with van der Waals surface area (Å²) in [6.45, 7) is 3.55. The number of amides is 2. The molecule has 5 nitrogen and oxygen atoms in total. The molecule has 2 aromatic carbocycles. The predicted molar refractivity (Wildman–Crippen MR) is 115 cm³/mol. The number of carbonyl (C=O) groups excluding carboxylic acids is 2. The molecule has 4 rings (SSSR count). The molecule has 0 aliphatic carbocycles. The van der Waals surface area contributed by atoms with Crippen molar-refractivity contribution in [2.75, 3.05) is 31.1 Å². The first-order valence-electron chi connectivity index (χ1n) is 10.7. The molecule has 2 aliphatic rings. The second-order valence-corrected chi connectivity index (χ2v) is 8.00. The summed E-state index contributed by atoms with van der Waals surface area (Å²) in [5, 5.41) is 3.14. The molecule has 2 saturated heterocycles. The Kier molecular flexibility index (Phi) is 6.13. The minimum atomic E-state index is -0.0250. The lowest BCUT2D eigenvalue weighted by Crippen LogP contribution is -2.46. The highest BCUT2D eigenvalue weighted by Gasteiger charge is 2.24. The van der Waals surface area contributed by atoms with Crippen molar-refractivity contribution in [2.45, 2.75) is 38.1 Å². The number of carbonyl (C=O) groups is 2. The lowest BCUT2D eigenvalue weighted by molar-refractivity contribution is 0.0698. The third-order valence-electron chi connectivity index (χ3n) is 5.99. The van der Waals surface area contributed by atoms with E-state index in [0.717, 1.165) is 31.5 Å². The molecule has 2 aromatic rings. The van der Waals surface area contributed by atoms with Crippen molar-refractivity contribution in [2.24, 2.45) is 0 Å². The summed E-state index contributed by atoms with van der Waals surface area (Å²) in [6, 6.07) is 17.5. The molecule has 0 unspecified atom stereocenters. The Balaban J connectivity index is 1.28. The van der Waals surface area contributed by atoms with E-state index < -0.39 is 0 Å². The summed E-state index contributed by atoms with van der Waals surface area (Å²) < 4.78 is 0. The monoisotopic (exact) mass is 391 g/mol. The Bertz CT molecular complexity index is 821. The van der Waals surface area contributed by atoms with Gasteiger partial charge in [-0.25, -0.2) is 0 Å². The van der Waals surface area contributed by atoms with Gasteiger partial charge in [0.05, 0.1) is 0 Å². The zero-order chi connectivity index (χ0) is 20.1. The number of nitrogens with zero attached hydrogens (tertiary/aromatic N) is 2. The summed E-state index contributed by atoms with van der Waals surface area (Å²) in [7, 11) is 0. The molecule has 0 bridgehead atoms. The number of hydrogen-bond acceptors (Lipinski definition) is 3. The topological polar surface area (TPSA) is 52.7 Å². The van der Waals surface area contributed by atoms with Crippen LogP contribution in [-0.4, -0.2) is 48.9 Å². The molecule has 152 valence electrons. The molecule has 29 heavy (non-hydrogen) atoms. The van der Waals surface area contributed by atoms with Gasteiger partial charge in [0.2, 0.25) is 0 Å². The molecule has 2 fully saturated rings. The van der Waals surface area contributed by atoms with Crippen LogP contribution in [0.2, 0.25) is 0 Å². The third kappa shape index (κ3) is 4.78. The summed E-state index contributed by atoms with van der Waals surface area (Å²) in [5.74, 6) is 0.0479. The first-order valence-corrected chi connectivity index (χ1v) is 10.7. The van der Waals surface area contributed by atoms with Gasteiger partial charge < -0.3 is 15.1 Å². The molecule has 2 amide bonds. The number of nitrogens with one attached hydrogen (secondary N) is 1. The average Bonchev–Trinajstić information content (AvgIpc) is 2.80. The van der Waals surface area contributed by atoms with Crippen molar-refractivity contribution >= 4 is 17.5 Å². The SMILES string of the molecule is O=C(NC1CCN(C(=O)c2ccccc2)CC1)c1ccc(N2CCCCC2)cc1. The average molecular weight is 392 g/mol.